The monoisotopic (exact) mass is 401 g/mol. The van der Waals surface area contributed by atoms with Crippen molar-refractivity contribution in [2.45, 2.75) is 57.2 Å². The van der Waals surface area contributed by atoms with Crippen LogP contribution in [-0.2, 0) is 4.74 Å². The molecule has 0 aromatic heterocycles. The van der Waals surface area contributed by atoms with Gasteiger partial charge in [-0.2, -0.15) is 0 Å². The van der Waals surface area contributed by atoms with Gasteiger partial charge in [0.25, 0.3) is 0 Å². The van der Waals surface area contributed by atoms with Crippen LogP contribution in [0.25, 0.3) is 0 Å². The minimum Gasteiger partial charge on any atom is -0.381 e. The van der Waals surface area contributed by atoms with E-state index in [0.29, 0.717) is 12.1 Å². The maximum absolute atomic E-state index is 5.67. The Bertz CT molecular complexity index is 629. The number of rotatable bonds is 8. The van der Waals surface area contributed by atoms with E-state index in [1.807, 2.05) is 7.05 Å². The standard InChI is InChI=1S/C23H39N5O/c1-4-28-14-8-11-21(28)17-25-22(24-3)26-18-23(12-15-29-16-13-23)27-19(2)20-9-6-5-7-10-20/h5-7,9-10,19,21,27H,4,8,11-18H2,1-3H3,(H2,24,25,26). The molecular formula is C23H39N5O. The van der Waals surface area contributed by atoms with Gasteiger partial charge in [-0.25, -0.2) is 0 Å². The third-order valence-corrected chi connectivity index (χ3v) is 6.50. The molecule has 0 saturated carbocycles. The van der Waals surface area contributed by atoms with Gasteiger partial charge in [0.15, 0.2) is 5.96 Å². The highest BCUT2D eigenvalue weighted by Gasteiger charge is 2.34. The number of likely N-dealkylation sites (tertiary alicyclic amines) is 1. The summed E-state index contributed by atoms with van der Waals surface area (Å²) in [6.07, 6.45) is 4.58. The number of hydrogen-bond donors (Lipinski definition) is 3. The minimum atomic E-state index is 0.00788. The first-order chi connectivity index (χ1) is 14.2. The molecule has 2 unspecified atom stereocenters. The molecule has 2 saturated heterocycles. The highest BCUT2D eigenvalue weighted by molar-refractivity contribution is 5.79. The van der Waals surface area contributed by atoms with Crippen molar-refractivity contribution in [1.29, 1.82) is 0 Å². The zero-order valence-corrected chi connectivity index (χ0v) is 18.4. The van der Waals surface area contributed by atoms with Crippen LogP contribution < -0.4 is 16.0 Å². The van der Waals surface area contributed by atoms with Crippen LogP contribution in [0.1, 0.15) is 51.1 Å². The average Bonchev–Trinajstić information content (AvgIpc) is 3.23. The van der Waals surface area contributed by atoms with Crippen LogP contribution in [0.5, 0.6) is 0 Å². The van der Waals surface area contributed by atoms with E-state index < -0.39 is 0 Å². The molecule has 0 bridgehead atoms. The third-order valence-electron chi connectivity index (χ3n) is 6.50. The smallest absolute Gasteiger partial charge is 0.191 e. The molecule has 29 heavy (non-hydrogen) atoms. The quantitative estimate of drug-likeness (QED) is 0.462. The number of nitrogens with zero attached hydrogens (tertiary/aromatic N) is 2. The SMILES string of the molecule is CCN1CCCC1CNC(=NC)NCC1(NC(C)c2ccccc2)CCOCC1. The summed E-state index contributed by atoms with van der Waals surface area (Å²) in [5.41, 5.74) is 1.33. The minimum absolute atomic E-state index is 0.00788. The van der Waals surface area contributed by atoms with Crippen LogP contribution in [0.3, 0.4) is 0 Å². The van der Waals surface area contributed by atoms with Gasteiger partial charge in [-0.05, 0) is 51.3 Å². The Morgan fingerprint density at radius 3 is 2.69 bits per heavy atom. The predicted molar refractivity (Wildman–Crippen MR) is 120 cm³/mol. The van der Waals surface area contributed by atoms with Crippen molar-refractivity contribution < 1.29 is 4.74 Å². The van der Waals surface area contributed by atoms with Gasteiger partial charge in [0.05, 0.1) is 0 Å². The lowest BCUT2D eigenvalue weighted by molar-refractivity contribution is 0.0354. The van der Waals surface area contributed by atoms with Gasteiger partial charge in [0, 0.05) is 51.0 Å². The number of ether oxygens (including phenoxy) is 1. The van der Waals surface area contributed by atoms with Crippen LogP contribution in [0.2, 0.25) is 0 Å². The topological polar surface area (TPSA) is 60.9 Å². The summed E-state index contributed by atoms with van der Waals surface area (Å²) >= 11 is 0. The Morgan fingerprint density at radius 1 is 1.24 bits per heavy atom. The molecule has 2 fully saturated rings. The van der Waals surface area contributed by atoms with Crippen molar-refractivity contribution in [3.8, 4) is 0 Å². The first kappa shape index (κ1) is 22.1. The molecule has 2 atom stereocenters. The van der Waals surface area contributed by atoms with Gasteiger partial charge in [-0.15, -0.1) is 0 Å². The van der Waals surface area contributed by atoms with Crippen molar-refractivity contribution in [2.75, 3.05) is 46.4 Å². The van der Waals surface area contributed by atoms with Crippen LogP contribution in [0, 0.1) is 0 Å². The van der Waals surface area contributed by atoms with Crippen molar-refractivity contribution >= 4 is 5.96 Å². The first-order valence-corrected chi connectivity index (χ1v) is 11.2. The van der Waals surface area contributed by atoms with E-state index in [1.165, 1.54) is 24.9 Å². The number of likely N-dealkylation sites (N-methyl/N-ethyl adjacent to an activating group) is 1. The van der Waals surface area contributed by atoms with E-state index >= 15 is 0 Å². The van der Waals surface area contributed by atoms with Gasteiger partial charge < -0.3 is 20.7 Å². The van der Waals surface area contributed by atoms with Crippen LogP contribution in [-0.4, -0.2) is 68.9 Å². The Hall–Kier alpha value is -1.63. The summed E-state index contributed by atoms with van der Waals surface area (Å²) < 4.78 is 5.67. The zero-order valence-electron chi connectivity index (χ0n) is 18.4. The lowest BCUT2D eigenvalue weighted by Gasteiger charge is -2.41. The van der Waals surface area contributed by atoms with E-state index in [-0.39, 0.29) is 5.54 Å². The van der Waals surface area contributed by atoms with Crippen LogP contribution in [0.4, 0.5) is 0 Å². The second kappa shape index (κ2) is 11.0. The molecule has 6 nitrogen and oxygen atoms in total. The van der Waals surface area contributed by atoms with Gasteiger partial charge in [0.2, 0.25) is 0 Å². The molecular weight excluding hydrogens is 362 g/mol. The normalized spacial score (nSPS) is 23.7. The van der Waals surface area contributed by atoms with Gasteiger partial charge in [-0.3, -0.25) is 9.89 Å². The average molecular weight is 402 g/mol. The second-order valence-electron chi connectivity index (χ2n) is 8.40. The highest BCUT2D eigenvalue weighted by Crippen LogP contribution is 2.25. The van der Waals surface area contributed by atoms with Gasteiger partial charge >= 0.3 is 0 Å². The van der Waals surface area contributed by atoms with E-state index in [4.69, 9.17) is 4.74 Å². The Kier molecular flexibility index (Phi) is 8.33. The zero-order chi connectivity index (χ0) is 20.5. The van der Waals surface area contributed by atoms with Gasteiger partial charge in [0.1, 0.15) is 0 Å². The lowest BCUT2D eigenvalue weighted by atomic mass is 9.88. The van der Waals surface area contributed by atoms with Crippen molar-refractivity contribution in [3.63, 3.8) is 0 Å². The molecule has 0 aliphatic carbocycles. The summed E-state index contributed by atoms with van der Waals surface area (Å²) in [6, 6.07) is 11.6. The number of benzene rings is 1. The number of hydrogen-bond acceptors (Lipinski definition) is 4. The van der Waals surface area contributed by atoms with Crippen LogP contribution in [0.15, 0.2) is 35.3 Å². The highest BCUT2D eigenvalue weighted by atomic mass is 16.5. The second-order valence-corrected chi connectivity index (χ2v) is 8.40. The van der Waals surface area contributed by atoms with Gasteiger partial charge in [-0.1, -0.05) is 37.3 Å². The van der Waals surface area contributed by atoms with Crippen molar-refractivity contribution in [1.82, 2.24) is 20.9 Å². The Balaban J connectivity index is 1.56. The summed E-state index contributed by atoms with van der Waals surface area (Å²) in [7, 11) is 1.86. The molecule has 1 aromatic carbocycles. The fourth-order valence-electron chi connectivity index (χ4n) is 4.65. The molecule has 2 heterocycles. The fourth-order valence-corrected chi connectivity index (χ4v) is 4.65. The summed E-state index contributed by atoms with van der Waals surface area (Å²) in [6.45, 7) is 10.2. The van der Waals surface area contributed by atoms with Crippen LogP contribution >= 0.6 is 0 Å². The Labute approximate surface area is 176 Å². The maximum atomic E-state index is 5.67. The van der Waals surface area contributed by atoms with E-state index in [2.05, 4.69) is 70.0 Å². The number of aliphatic imine (C=N–C) groups is 1. The fraction of sp³-hybridized carbons (Fsp3) is 0.696. The molecule has 0 spiro atoms. The number of guanidine groups is 1. The largest absolute Gasteiger partial charge is 0.381 e. The van der Waals surface area contributed by atoms with E-state index in [9.17, 15) is 0 Å². The summed E-state index contributed by atoms with van der Waals surface area (Å²) in [4.78, 5) is 7.03. The maximum Gasteiger partial charge on any atom is 0.191 e. The lowest BCUT2D eigenvalue weighted by Crippen LogP contribution is -2.58. The molecule has 2 aliphatic rings. The molecule has 2 aliphatic heterocycles. The van der Waals surface area contributed by atoms with Crippen molar-refractivity contribution in [2.24, 2.45) is 4.99 Å². The molecule has 162 valence electrons. The van der Waals surface area contributed by atoms with E-state index in [0.717, 1.165) is 51.6 Å². The third kappa shape index (κ3) is 6.17. The Morgan fingerprint density at radius 2 is 2.00 bits per heavy atom. The molecule has 0 amide bonds. The first-order valence-electron chi connectivity index (χ1n) is 11.2. The molecule has 3 rings (SSSR count). The number of nitrogens with one attached hydrogen (secondary N) is 3. The molecule has 3 N–H and O–H groups in total. The van der Waals surface area contributed by atoms with Crippen molar-refractivity contribution in [3.05, 3.63) is 35.9 Å². The predicted octanol–water partition coefficient (Wildman–Crippen LogP) is 2.54. The molecule has 1 aromatic rings. The molecule has 0 radical (unpaired) electrons. The molecule has 6 heteroatoms. The summed E-state index contributed by atoms with van der Waals surface area (Å²) in [5.74, 6) is 0.896. The van der Waals surface area contributed by atoms with E-state index in [1.54, 1.807) is 0 Å². The summed E-state index contributed by atoms with van der Waals surface area (Å²) in [5, 5.41) is 11.1.